The van der Waals surface area contributed by atoms with Crippen LogP contribution in [0.1, 0.15) is 24.4 Å². The second-order valence-electron chi connectivity index (χ2n) is 5.49. The van der Waals surface area contributed by atoms with E-state index in [-0.39, 0.29) is 11.8 Å². The van der Waals surface area contributed by atoms with Crippen LogP contribution in [0.2, 0.25) is 0 Å². The Bertz CT molecular complexity index is 617. The minimum absolute atomic E-state index is 0.259. The Balaban J connectivity index is 1.72. The first-order chi connectivity index (χ1) is 9.86. The van der Waals surface area contributed by atoms with Gasteiger partial charge >= 0.3 is 0 Å². The largest absolute Gasteiger partial charge is 0.347 e. The second kappa shape index (κ2) is 4.81. The fourth-order valence-corrected chi connectivity index (χ4v) is 3.33. The molecule has 0 amide bonds. The van der Waals surface area contributed by atoms with Crippen LogP contribution in [0.3, 0.4) is 0 Å². The SMILES string of the molecule is c1cc(C2CC3(CCN2)OCCO3)c2cccnc2c1. The van der Waals surface area contributed by atoms with Gasteiger partial charge in [-0.2, -0.15) is 0 Å². The van der Waals surface area contributed by atoms with Crippen LogP contribution < -0.4 is 5.32 Å². The molecule has 2 aliphatic rings. The number of ether oxygens (including phenoxy) is 2. The molecule has 1 aromatic carbocycles. The minimum Gasteiger partial charge on any atom is -0.347 e. The molecule has 4 heteroatoms. The Morgan fingerprint density at radius 3 is 2.95 bits per heavy atom. The van der Waals surface area contributed by atoms with Crippen molar-refractivity contribution < 1.29 is 9.47 Å². The van der Waals surface area contributed by atoms with Crippen LogP contribution in [-0.4, -0.2) is 30.5 Å². The van der Waals surface area contributed by atoms with Gasteiger partial charge in [0.25, 0.3) is 0 Å². The molecule has 1 atom stereocenters. The Labute approximate surface area is 118 Å². The third kappa shape index (κ3) is 2.00. The van der Waals surface area contributed by atoms with Crippen molar-refractivity contribution in [3.05, 3.63) is 42.1 Å². The second-order valence-corrected chi connectivity index (χ2v) is 5.49. The van der Waals surface area contributed by atoms with Crippen molar-refractivity contribution in [1.29, 1.82) is 0 Å². The normalized spacial score (nSPS) is 25.3. The van der Waals surface area contributed by atoms with E-state index in [9.17, 15) is 0 Å². The lowest BCUT2D eigenvalue weighted by Gasteiger charge is -2.37. The topological polar surface area (TPSA) is 43.4 Å². The maximum absolute atomic E-state index is 5.87. The first-order valence-corrected chi connectivity index (χ1v) is 7.21. The molecule has 4 nitrogen and oxygen atoms in total. The number of benzene rings is 1. The molecule has 2 aliphatic heterocycles. The summed E-state index contributed by atoms with van der Waals surface area (Å²) < 4.78 is 11.7. The molecule has 3 heterocycles. The standard InChI is InChI=1S/C16H18N2O2/c1-3-13(12-4-2-7-17-14(12)5-1)15-11-16(6-8-18-15)19-9-10-20-16/h1-5,7,15,18H,6,8-11H2. The van der Waals surface area contributed by atoms with Crippen molar-refractivity contribution >= 4 is 10.9 Å². The Hall–Kier alpha value is -1.49. The van der Waals surface area contributed by atoms with Gasteiger partial charge in [-0.05, 0) is 17.7 Å². The van der Waals surface area contributed by atoms with E-state index < -0.39 is 0 Å². The highest BCUT2D eigenvalue weighted by atomic mass is 16.7. The van der Waals surface area contributed by atoms with Crippen molar-refractivity contribution in [2.24, 2.45) is 0 Å². The van der Waals surface area contributed by atoms with E-state index in [4.69, 9.17) is 9.47 Å². The summed E-state index contributed by atoms with van der Waals surface area (Å²) in [5, 5.41) is 4.80. The average molecular weight is 270 g/mol. The molecule has 0 saturated carbocycles. The molecule has 20 heavy (non-hydrogen) atoms. The molecule has 2 fully saturated rings. The summed E-state index contributed by atoms with van der Waals surface area (Å²) in [5.41, 5.74) is 2.33. The number of fused-ring (bicyclic) bond motifs is 1. The Kier molecular flexibility index (Phi) is 2.95. The summed E-state index contributed by atoms with van der Waals surface area (Å²) in [6, 6.07) is 10.7. The highest BCUT2D eigenvalue weighted by Crippen LogP contribution is 2.38. The van der Waals surface area contributed by atoms with Gasteiger partial charge in [0, 0.05) is 37.0 Å². The Morgan fingerprint density at radius 2 is 2.05 bits per heavy atom. The van der Waals surface area contributed by atoms with Crippen molar-refractivity contribution in [1.82, 2.24) is 10.3 Å². The molecule has 2 saturated heterocycles. The van der Waals surface area contributed by atoms with Crippen molar-refractivity contribution in [3.8, 4) is 0 Å². The average Bonchev–Trinajstić information content (AvgIpc) is 2.94. The molecule has 1 unspecified atom stereocenters. The van der Waals surface area contributed by atoms with Crippen LogP contribution >= 0.6 is 0 Å². The molecule has 0 aliphatic carbocycles. The molecule has 1 N–H and O–H groups in total. The van der Waals surface area contributed by atoms with Crippen LogP contribution in [0.5, 0.6) is 0 Å². The summed E-state index contributed by atoms with van der Waals surface area (Å²) in [4.78, 5) is 4.44. The lowest BCUT2D eigenvalue weighted by Crippen LogP contribution is -2.44. The number of hydrogen-bond acceptors (Lipinski definition) is 4. The number of aromatic nitrogens is 1. The molecular weight excluding hydrogens is 252 g/mol. The van der Waals surface area contributed by atoms with Crippen molar-refractivity contribution in [3.63, 3.8) is 0 Å². The highest BCUT2D eigenvalue weighted by molar-refractivity contribution is 5.82. The smallest absolute Gasteiger partial charge is 0.171 e. The zero-order valence-electron chi connectivity index (χ0n) is 11.3. The summed E-state index contributed by atoms with van der Waals surface area (Å²) in [7, 11) is 0. The predicted octanol–water partition coefficient (Wildman–Crippen LogP) is 2.40. The lowest BCUT2D eigenvalue weighted by molar-refractivity contribution is -0.180. The van der Waals surface area contributed by atoms with Crippen LogP contribution in [0.15, 0.2) is 36.5 Å². The van der Waals surface area contributed by atoms with Crippen LogP contribution in [-0.2, 0) is 9.47 Å². The molecule has 104 valence electrons. The maximum Gasteiger partial charge on any atom is 0.171 e. The first-order valence-electron chi connectivity index (χ1n) is 7.21. The summed E-state index contributed by atoms with van der Waals surface area (Å²) in [6.07, 6.45) is 3.62. The number of piperidine rings is 1. The summed E-state index contributed by atoms with van der Waals surface area (Å²) in [5.74, 6) is -0.375. The third-order valence-electron chi connectivity index (χ3n) is 4.28. The van der Waals surface area contributed by atoms with E-state index in [0.29, 0.717) is 13.2 Å². The van der Waals surface area contributed by atoms with Gasteiger partial charge in [-0.25, -0.2) is 0 Å². The summed E-state index contributed by atoms with van der Waals surface area (Å²) >= 11 is 0. The zero-order chi connectivity index (χ0) is 13.4. The van der Waals surface area contributed by atoms with Gasteiger partial charge in [0.2, 0.25) is 0 Å². The van der Waals surface area contributed by atoms with Gasteiger partial charge in [-0.1, -0.05) is 18.2 Å². The molecule has 1 aromatic heterocycles. The fraction of sp³-hybridized carbons (Fsp3) is 0.438. The molecule has 4 rings (SSSR count). The van der Waals surface area contributed by atoms with Gasteiger partial charge < -0.3 is 14.8 Å². The summed E-state index contributed by atoms with van der Waals surface area (Å²) in [6.45, 7) is 2.34. The number of pyridine rings is 1. The fourth-order valence-electron chi connectivity index (χ4n) is 3.33. The van der Waals surface area contributed by atoms with Gasteiger partial charge in [0.1, 0.15) is 0 Å². The quantitative estimate of drug-likeness (QED) is 0.864. The van der Waals surface area contributed by atoms with Crippen molar-refractivity contribution in [2.75, 3.05) is 19.8 Å². The van der Waals surface area contributed by atoms with E-state index >= 15 is 0 Å². The van der Waals surface area contributed by atoms with Gasteiger partial charge in [-0.3, -0.25) is 4.98 Å². The van der Waals surface area contributed by atoms with E-state index in [1.807, 2.05) is 12.3 Å². The number of nitrogens with one attached hydrogen (secondary N) is 1. The number of rotatable bonds is 1. The van der Waals surface area contributed by atoms with Crippen LogP contribution in [0.25, 0.3) is 10.9 Å². The van der Waals surface area contributed by atoms with E-state index in [0.717, 1.165) is 24.9 Å². The van der Waals surface area contributed by atoms with E-state index in [1.54, 1.807) is 0 Å². The van der Waals surface area contributed by atoms with Gasteiger partial charge in [0.05, 0.1) is 18.7 Å². The molecule has 2 aromatic rings. The van der Waals surface area contributed by atoms with Crippen LogP contribution in [0.4, 0.5) is 0 Å². The maximum atomic E-state index is 5.87. The lowest BCUT2D eigenvalue weighted by atomic mass is 9.90. The van der Waals surface area contributed by atoms with E-state index in [1.165, 1.54) is 10.9 Å². The minimum atomic E-state index is -0.375. The molecular formula is C16H18N2O2. The van der Waals surface area contributed by atoms with E-state index in [2.05, 4.69) is 34.6 Å². The monoisotopic (exact) mass is 270 g/mol. The van der Waals surface area contributed by atoms with Crippen LogP contribution in [0, 0.1) is 0 Å². The van der Waals surface area contributed by atoms with Crippen molar-refractivity contribution in [2.45, 2.75) is 24.7 Å². The van der Waals surface area contributed by atoms with Gasteiger partial charge in [-0.15, -0.1) is 0 Å². The number of hydrogen-bond donors (Lipinski definition) is 1. The van der Waals surface area contributed by atoms with Gasteiger partial charge in [0.15, 0.2) is 5.79 Å². The molecule has 0 bridgehead atoms. The zero-order valence-corrected chi connectivity index (χ0v) is 11.3. The third-order valence-corrected chi connectivity index (χ3v) is 4.28. The molecule has 0 radical (unpaired) electrons. The first kappa shape index (κ1) is 12.3. The highest BCUT2D eigenvalue weighted by Gasteiger charge is 2.41. The number of nitrogens with zero attached hydrogens (tertiary/aromatic N) is 1. The molecule has 1 spiro atoms. The Morgan fingerprint density at radius 1 is 1.15 bits per heavy atom. The predicted molar refractivity (Wildman–Crippen MR) is 76.4 cm³/mol.